The lowest BCUT2D eigenvalue weighted by Gasteiger charge is -2.17. The first kappa shape index (κ1) is 21.0. The molecule has 0 fully saturated rings. The number of halogens is 5. The molecule has 2 aromatic rings. The number of hydrogen-bond donors (Lipinski definition) is 1. The molecule has 0 aliphatic rings. The van der Waals surface area contributed by atoms with Crippen molar-refractivity contribution in [1.82, 2.24) is 9.13 Å². The van der Waals surface area contributed by atoms with Gasteiger partial charge in [0.1, 0.15) is 11.5 Å². The molecule has 0 aliphatic heterocycles. The Hall–Kier alpha value is -2.27. The Morgan fingerprint density at radius 3 is 2.41 bits per heavy atom. The Morgan fingerprint density at radius 1 is 1.30 bits per heavy atom. The highest BCUT2D eigenvalue weighted by Gasteiger charge is 2.38. The third-order valence-corrected chi connectivity index (χ3v) is 5.02. The smallest absolute Gasteiger partial charge is 0.432 e. The van der Waals surface area contributed by atoms with Gasteiger partial charge in [-0.05, 0) is 19.1 Å². The minimum absolute atomic E-state index is 0.0435. The second kappa shape index (κ2) is 7.39. The van der Waals surface area contributed by atoms with Gasteiger partial charge >= 0.3 is 17.8 Å². The number of carbonyl (C=O) groups is 1. The Kier molecular flexibility index (Phi) is 5.76. The molecule has 0 aliphatic carbocycles. The van der Waals surface area contributed by atoms with E-state index in [1.54, 1.807) is 0 Å². The largest absolute Gasteiger partial charge is 0.481 e. The normalized spacial score (nSPS) is 11.7. The van der Waals surface area contributed by atoms with E-state index in [-0.39, 0.29) is 19.1 Å². The summed E-state index contributed by atoms with van der Waals surface area (Å²) in [6.07, 6.45) is -4.96. The molecule has 1 aromatic carbocycles. The van der Waals surface area contributed by atoms with Crippen LogP contribution < -0.4 is 11.2 Å². The van der Waals surface area contributed by atoms with Gasteiger partial charge in [0.15, 0.2) is 0 Å². The number of alkyl halides is 3. The van der Waals surface area contributed by atoms with Crippen molar-refractivity contribution in [2.24, 2.45) is 7.05 Å². The van der Waals surface area contributed by atoms with E-state index in [1.165, 1.54) is 0 Å². The van der Waals surface area contributed by atoms with E-state index >= 15 is 0 Å². The zero-order chi connectivity index (χ0) is 20.7. The van der Waals surface area contributed by atoms with Crippen molar-refractivity contribution in [2.45, 2.75) is 18.0 Å². The van der Waals surface area contributed by atoms with Crippen LogP contribution >= 0.6 is 23.4 Å². The first-order valence-electron chi connectivity index (χ1n) is 7.10. The van der Waals surface area contributed by atoms with Crippen molar-refractivity contribution >= 4 is 29.3 Å². The van der Waals surface area contributed by atoms with Gasteiger partial charge in [-0.1, -0.05) is 11.6 Å². The van der Waals surface area contributed by atoms with Gasteiger partial charge in [-0.15, -0.1) is 11.8 Å². The Morgan fingerprint density at radius 2 is 1.89 bits per heavy atom. The first-order chi connectivity index (χ1) is 12.4. The standard InChI is InChI=1S/C15H11ClF4N2O4S/c1-6-12(15(18,19)20)21(2)14(26)22(13(6)25)9-4-10(27-5-11(23)24)7(16)3-8(9)17/h3-4H,5H2,1-2H3,(H,23,24). The summed E-state index contributed by atoms with van der Waals surface area (Å²) in [6, 6.07) is 1.70. The number of carboxylic acid groups (broad SMARTS) is 1. The van der Waals surface area contributed by atoms with Crippen LogP contribution in [0.2, 0.25) is 5.02 Å². The lowest BCUT2D eigenvalue weighted by Crippen LogP contribution is -2.43. The van der Waals surface area contributed by atoms with E-state index in [0.717, 1.165) is 26.1 Å². The fraction of sp³-hybridized carbons (Fsp3) is 0.267. The summed E-state index contributed by atoms with van der Waals surface area (Å²) in [6.45, 7) is 0.870. The number of nitrogens with zero attached hydrogens (tertiary/aromatic N) is 2. The highest BCUT2D eigenvalue weighted by Crippen LogP contribution is 2.32. The highest BCUT2D eigenvalue weighted by atomic mass is 35.5. The summed E-state index contributed by atoms with van der Waals surface area (Å²) in [5, 5.41) is 8.55. The number of aliphatic carboxylic acids is 1. The number of benzene rings is 1. The number of thioether (sulfide) groups is 1. The maximum Gasteiger partial charge on any atom is 0.432 e. The summed E-state index contributed by atoms with van der Waals surface area (Å²) < 4.78 is 54.1. The van der Waals surface area contributed by atoms with Crippen LogP contribution in [0.25, 0.3) is 5.69 Å². The average Bonchev–Trinajstić information content (AvgIpc) is 2.52. The molecule has 6 nitrogen and oxygen atoms in total. The maximum atomic E-state index is 14.3. The van der Waals surface area contributed by atoms with Crippen LogP contribution in [0.1, 0.15) is 11.3 Å². The second-order valence-corrected chi connectivity index (χ2v) is 6.79. The quantitative estimate of drug-likeness (QED) is 0.600. The van der Waals surface area contributed by atoms with Gasteiger partial charge in [0.05, 0.1) is 16.5 Å². The third kappa shape index (κ3) is 4.03. The van der Waals surface area contributed by atoms with Crippen LogP contribution in [-0.2, 0) is 18.0 Å². The third-order valence-electron chi connectivity index (χ3n) is 3.55. The van der Waals surface area contributed by atoms with Crippen LogP contribution in [0.15, 0.2) is 26.6 Å². The number of carboxylic acids is 1. The Labute approximate surface area is 158 Å². The van der Waals surface area contributed by atoms with Crippen LogP contribution in [-0.4, -0.2) is 26.0 Å². The van der Waals surface area contributed by atoms with Crippen LogP contribution in [0.4, 0.5) is 17.6 Å². The van der Waals surface area contributed by atoms with Gasteiger partial charge in [0.2, 0.25) is 0 Å². The molecule has 0 atom stereocenters. The molecule has 0 amide bonds. The highest BCUT2D eigenvalue weighted by molar-refractivity contribution is 8.00. The van der Waals surface area contributed by atoms with Crippen LogP contribution in [0, 0.1) is 12.7 Å². The van der Waals surface area contributed by atoms with Gasteiger partial charge in [0, 0.05) is 17.5 Å². The van der Waals surface area contributed by atoms with E-state index in [2.05, 4.69) is 0 Å². The van der Waals surface area contributed by atoms with Crippen LogP contribution in [0.5, 0.6) is 0 Å². The summed E-state index contributed by atoms with van der Waals surface area (Å²) in [5.41, 5.74) is -5.62. The molecule has 0 unspecified atom stereocenters. The molecule has 0 saturated carbocycles. The van der Waals surface area contributed by atoms with E-state index in [9.17, 15) is 31.9 Å². The molecule has 0 saturated heterocycles. The minimum atomic E-state index is -4.96. The van der Waals surface area contributed by atoms with E-state index in [1.807, 2.05) is 0 Å². The van der Waals surface area contributed by atoms with Gasteiger partial charge in [-0.3, -0.25) is 14.2 Å². The summed E-state index contributed by atoms with van der Waals surface area (Å²) >= 11 is 6.52. The predicted octanol–water partition coefficient (Wildman–Crippen LogP) is 2.83. The maximum absolute atomic E-state index is 14.3. The lowest BCUT2D eigenvalue weighted by atomic mass is 10.2. The topological polar surface area (TPSA) is 81.3 Å². The van der Waals surface area contributed by atoms with Crippen molar-refractivity contribution in [3.8, 4) is 5.69 Å². The van der Waals surface area contributed by atoms with Gasteiger partial charge in [-0.25, -0.2) is 13.8 Å². The zero-order valence-electron chi connectivity index (χ0n) is 13.7. The lowest BCUT2D eigenvalue weighted by molar-refractivity contribution is -0.144. The van der Waals surface area contributed by atoms with Crippen molar-refractivity contribution in [3.05, 3.63) is 55.1 Å². The number of rotatable bonds is 4. The molecule has 1 aromatic heterocycles. The number of aromatic nitrogens is 2. The predicted molar refractivity (Wildman–Crippen MR) is 90.3 cm³/mol. The molecular weight excluding hydrogens is 416 g/mol. The van der Waals surface area contributed by atoms with Crippen molar-refractivity contribution in [1.29, 1.82) is 0 Å². The van der Waals surface area contributed by atoms with Crippen molar-refractivity contribution in [3.63, 3.8) is 0 Å². The number of hydrogen-bond acceptors (Lipinski definition) is 4. The Balaban J connectivity index is 2.80. The monoisotopic (exact) mass is 426 g/mol. The van der Waals surface area contributed by atoms with E-state index in [4.69, 9.17) is 16.7 Å². The molecule has 0 spiro atoms. The molecule has 0 radical (unpaired) electrons. The minimum Gasteiger partial charge on any atom is -0.481 e. The van der Waals surface area contributed by atoms with Gasteiger partial charge < -0.3 is 5.11 Å². The SMILES string of the molecule is Cc1c(C(F)(F)F)n(C)c(=O)n(-c2cc(SCC(=O)O)c(Cl)cc2F)c1=O. The molecule has 12 heteroatoms. The van der Waals surface area contributed by atoms with Crippen LogP contribution in [0.3, 0.4) is 0 Å². The molecule has 0 bridgehead atoms. The first-order valence-corrected chi connectivity index (χ1v) is 8.46. The molecule has 27 heavy (non-hydrogen) atoms. The summed E-state index contributed by atoms with van der Waals surface area (Å²) in [5.74, 6) is -2.76. The fourth-order valence-corrected chi connectivity index (χ4v) is 3.39. The van der Waals surface area contributed by atoms with E-state index < -0.39 is 51.9 Å². The van der Waals surface area contributed by atoms with Crippen molar-refractivity contribution < 1.29 is 27.5 Å². The fourth-order valence-electron chi connectivity index (χ4n) is 2.41. The summed E-state index contributed by atoms with van der Waals surface area (Å²) in [7, 11) is 0.808. The molecule has 1 N–H and O–H groups in total. The molecule has 1 heterocycles. The van der Waals surface area contributed by atoms with E-state index in [0.29, 0.717) is 11.8 Å². The van der Waals surface area contributed by atoms with Crippen molar-refractivity contribution in [2.75, 3.05) is 5.75 Å². The zero-order valence-corrected chi connectivity index (χ0v) is 15.3. The molecular formula is C15H11ClF4N2O4S. The second-order valence-electron chi connectivity index (χ2n) is 5.37. The molecule has 146 valence electrons. The van der Waals surface area contributed by atoms with Gasteiger partial charge in [-0.2, -0.15) is 13.2 Å². The molecule has 2 rings (SSSR count). The Bertz CT molecular complexity index is 1010. The van der Waals surface area contributed by atoms with Gasteiger partial charge in [0.25, 0.3) is 5.56 Å². The summed E-state index contributed by atoms with van der Waals surface area (Å²) in [4.78, 5) is 35.4. The average molecular weight is 427 g/mol.